The summed E-state index contributed by atoms with van der Waals surface area (Å²) in [5.74, 6) is 0.756. The Morgan fingerprint density at radius 1 is 1.20 bits per heavy atom. The van der Waals surface area contributed by atoms with Gasteiger partial charge in [0.05, 0.1) is 13.7 Å². The monoisotopic (exact) mass is 336 g/mol. The molecule has 2 rings (SSSR count). The molecule has 0 fully saturated rings. The number of hydrogen-bond acceptors (Lipinski definition) is 4. The summed E-state index contributed by atoms with van der Waals surface area (Å²) in [7, 11) is 1.56. The first kappa shape index (κ1) is 18.1. The summed E-state index contributed by atoms with van der Waals surface area (Å²) in [6.45, 7) is 2.73. The number of hydrogen-bond donors (Lipinski definition) is 1. The molecule has 0 aliphatic carbocycles. The van der Waals surface area contributed by atoms with Crippen molar-refractivity contribution in [2.24, 2.45) is 0 Å². The molecular formula is C20H20N2O3. The topological polar surface area (TPSA) is 71.3 Å². The van der Waals surface area contributed by atoms with E-state index in [1.165, 1.54) is 6.08 Å². The van der Waals surface area contributed by atoms with Crippen molar-refractivity contribution in [2.45, 2.75) is 13.5 Å². The molecule has 0 aromatic heterocycles. The minimum atomic E-state index is -0.417. The Morgan fingerprint density at radius 3 is 2.60 bits per heavy atom. The number of nitrogens with one attached hydrogen (secondary N) is 1. The van der Waals surface area contributed by atoms with Gasteiger partial charge in [-0.2, -0.15) is 5.26 Å². The van der Waals surface area contributed by atoms with Crippen molar-refractivity contribution < 1.29 is 14.3 Å². The summed E-state index contributed by atoms with van der Waals surface area (Å²) in [6, 6.07) is 16.7. The van der Waals surface area contributed by atoms with Crippen LogP contribution in [0.5, 0.6) is 11.5 Å². The average molecular weight is 336 g/mol. The predicted molar refractivity (Wildman–Crippen MR) is 96.0 cm³/mol. The Balaban J connectivity index is 2.14. The van der Waals surface area contributed by atoms with E-state index in [9.17, 15) is 10.1 Å². The van der Waals surface area contributed by atoms with E-state index in [4.69, 9.17) is 9.47 Å². The number of benzene rings is 2. The maximum absolute atomic E-state index is 12.2. The van der Waals surface area contributed by atoms with Gasteiger partial charge in [0.15, 0.2) is 11.5 Å². The van der Waals surface area contributed by atoms with Crippen LogP contribution in [0.1, 0.15) is 18.1 Å². The minimum Gasteiger partial charge on any atom is -0.493 e. The number of methoxy groups -OCH3 is 1. The van der Waals surface area contributed by atoms with Gasteiger partial charge in [0.25, 0.3) is 5.91 Å². The number of nitrogens with zero attached hydrogens (tertiary/aromatic N) is 1. The van der Waals surface area contributed by atoms with Crippen molar-refractivity contribution >= 4 is 12.0 Å². The third-order valence-corrected chi connectivity index (χ3v) is 3.46. The molecule has 0 atom stereocenters. The Hall–Kier alpha value is -3.26. The lowest BCUT2D eigenvalue weighted by Gasteiger charge is -2.10. The summed E-state index contributed by atoms with van der Waals surface area (Å²) >= 11 is 0. The molecule has 5 nitrogen and oxygen atoms in total. The standard InChI is InChI=1S/C20H20N2O3/c1-3-25-19-12-16(9-10-18(19)24-2)11-17(13-21)20(23)22-14-15-7-5-4-6-8-15/h4-12H,3,14H2,1-2H3,(H,22,23). The Kier molecular flexibility index (Phi) is 6.61. The second-order valence-electron chi connectivity index (χ2n) is 5.18. The second-order valence-corrected chi connectivity index (χ2v) is 5.18. The van der Waals surface area contributed by atoms with Gasteiger partial charge in [-0.05, 0) is 36.3 Å². The van der Waals surface area contributed by atoms with Gasteiger partial charge in [-0.25, -0.2) is 0 Å². The molecule has 1 amide bonds. The maximum atomic E-state index is 12.2. The second kappa shape index (κ2) is 9.14. The molecule has 0 spiro atoms. The Bertz CT molecular complexity index is 792. The number of nitriles is 1. The molecule has 0 bridgehead atoms. The highest BCUT2D eigenvalue weighted by Gasteiger charge is 2.10. The van der Waals surface area contributed by atoms with Gasteiger partial charge >= 0.3 is 0 Å². The number of carbonyl (C=O) groups is 1. The zero-order chi connectivity index (χ0) is 18.1. The van der Waals surface area contributed by atoms with Crippen LogP contribution in [0.15, 0.2) is 54.1 Å². The van der Waals surface area contributed by atoms with E-state index in [2.05, 4.69) is 5.32 Å². The van der Waals surface area contributed by atoms with Gasteiger partial charge in [0, 0.05) is 6.54 Å². The molecule has 0 saturated heterocycles. The first-order valence-corrected chi connectivity index (χ1v) is 7.92. The smallest absolute Gasteiger partial charge is 0.262 e. The number of ether oxygens (including phenoxy) is 2. The summed E-state index contributed by atoms with van der Waals surface area (Å²) in [4.78, 5) is 12.2. The molecule has 5 heteroatoms. The highest BCUT2D eigenvalue weighted by Crippen LogP contribution is 2.28. The third-order valence-electron chi connectivity index (χ3n) is 3.46. The van der Waals surface area contributed by atoms with Crippen LogP contribution in [-0.4, -0.2) is 19.6 Å². The van der Waals surface area contributed by atoms with Crippen molar-refractivity contribution in [1.29, 1.82) is 5.26 Å². The van der Waals surface area contributed by atoms with Crippen LogP contribution in [0.3, 0.4) is 0 Å². The van der Waals surface area contributed by atoms with Gasteiger partial charge in [-0.15, -0.1) is 0 Å². The summed E-state index contributed by atoms with van der Waals surface area (Å²) < 4.78 is 10.7. The van der Waals surface area contributed by atoms with E-state index < -0.39 is 5.91 Å². The summed E-state index contributed by atoms with van der Waals surface area (Å²) in [6.07, 6.45) is 1.53. The van der Waals surface area contributed by atoms with E-state index >= 15 is 0 Å². The van der Waals surface area contributed by atoms with Crippen LogP contribution in [0.25, 0.3) is 6.08 Å². The zero-order valence-electron chi connectivity index (χ0n) is 14.3. The van der Waals surface area contributed by atoms with Crippen LogP contribution < -0.4 is 14.8 Å². The van der Waals surface area contributed by atoms with Crippen LogP contribution in [-0.2, 0) is 11.3 Å². The molecule has 0 aliphatic rings. The molecule has 25 heavy (non-hydrogen) atoms. The minimum absolute atomic E-state index is 0.0311. The van der Waals surface area contributed by atoms with Crippen molar-refractivity contribution in [3.05, 3.63) is 65.2 Å². The largest absolute Gasteiger partial charge is 0.493 e. The lowest BCUT2D eigenvalue weighted by atomic mass is 10.1. The van der Waals surface area contributed by atoms with Crippen molar-refractivity contribution in [1.82, 2.24) is 5.32 Å². The molecule has 0 radical (unpaired) electrons. The van der Waals surface area contributed by atoms with Crippen LogP contribution in [0, 0.1) is 11.3 Å². The molecule has 1 N–H and O–H groups in total. The van der Waals surface area contributed by atoms with E-state index in [0.29, 0.717) is 30.2 Å². The SMILES string of the molecule is CCOc1cc(C=C(C#N)C(=O)NCc2ccccc2)ccc1OC. The number of amides is 1. The van der Waals surface area contributed by atoms with Crippen molar-refractivity contribution in [3.63, 3.8) is 0 Å². The lowest BCUT2D eigenvalue weighted by Crippen LogP contribution is -2.23. The lowest BCUT2D eigenvalue weighted by molar-refractivity contribution is -0.117. The van der Waals surface area contributed by atoms with Crippen LogP contribution in [0.2, 0.25) is 0 Å². The summed E-state index contributed by atoms with van der Waals surface area (Å²) in [5, 5.41) is 12.0. The molecule has 2 aromatic rings. The fourth-order valence-corrected chi connectivity index (χ4v) is 2.24. The Morgan fingerprint density at radius 2 is 1.96 bits per heavy atom. The fraction of sp³-hybridized carbons (Fsp3) is 0.200. The van der Waals surface area contributed by atoms with E-state index in [1.54, 1.807) is 25.3 Å². The highest BCUT2D eigenvalue weighted by atomic mass is 16.5. The van der Waals surface area contributed by atoms with E-state index in [1.807, 2.05) is 43.3 Å². The molecule has 128 valence electrons. The molecule has 0 heterocycles. The Labute approximate surface area is 147 Å². The molecule has 0 aliphatic heterocycles. The molecule has 0 unspecified atom stereocenters. The first-order chi connectivity index (χ1) is 12.2. The average Bonchev–Trinajstić information content (AvgIpc) is 2.65. The van der Waals surface area contributed by atoms with Crippen molar-refractivity contribution in [2.75, 3.05) is 13.7 Å². The third kappa shape index (κ3) is 5.11. The maximum Gasteiger partial charge on any atom is 0.262 e. The van der Waals surface area contributed by atoms with Gasteiger partial charge < -0.3 is 14.8 Å². The van der Waals surface area contributed by atoms with E-state index in [0.717, 1.165) is 5.56 Å². The summed E-state index contributed by atoms with van der Waals surface area (Å²) in [5.41, 5.74) is 1.69. The highest BCUT2D eigenvalue weighted by molar-refractivity contribution is 6.01. The number of rotatable bonds is 7. The fourth-order valence-electron chi connectivity index (χ4n) is 2.24. The first-order valence-electron chi connectivity index (χ1n) is 7.92. The van der Waals surface area contributed by atoms with Crippen molar-refractivity contribution in [3.8, 4) is 17.6 Å². The van der Waals surface area contributed by atoms with Gasteiger partial charge in [-0.1, -0.05) is 36.4 Å². The van der Waals surface area contributed by atoms with Crippen LogP contribution >= 0.6 is 0 Å². The molecule has 0 saturated carbocycles. The van der Waals surface area contributed by atoms with Gasteiger partial charge in [-0.3, -0.25) is 4.79 Å². The van der Waals surface area contributed by atoms with Gasteiger partial charge in [0.1, 0.15) is 11.6 Å². The zero-order valence-corrected chi connectivity index (χ0v) is 14.3. The molecular weight excluding hydrogens is 316 g/mol. The predicted octanol–water partition coefficient (Wildman–Crippen LogP) is 3.32. The number of carbonyl (C=O) groups excluding carboxylic acids is 1. The quantitative estimate of drug-likeness (QED) is 0.622. The van der Waals surface area contributed by atoms with E-state index in [-0.39, 0.29) is 5.57 Å². The van der Waals surface area contributed by atoms with Gasteiger partial charge in [0.2, 0.25) is 0 Å². The normalized spacial score (nSPS) is 10.7. The van der Waals surface area contributed by atoms with Crippen LogP contribution in [0.4, 0.5) is 0 Å². The molecule has 2 aromatic carbocycles.